The number of hydrogen-bond acceptors (Lipinski definition) is 9. The Morgan fingerprint density at radius 2 is 2.12 bits per heavy atom. The number of rotatable bonds is 6. The summed E-state index contributed by atoms with van der Waals surface area (Å²) in [7, 11) is 1.65. The Hall–Kier alpha value is -2.23. The van der Waals surface area contributed by atoms with Gasteiger partial charge >= 0.3 is 0 Å². The monoisotopic (exact) mass is 360 g/mol. The third-order valence-corrected chi connectivity index (χ3v) is 4.83. The minimum absolute atomic E-state index is 0.345. The molecule has 0 aliphatic heterocycles. The van der Waals surface area contributed by atoms with Gasteiger partial charge in [-0.2, -0.15) is 4.37 Å². The van der Waals surface area contributed by atoms with Gasteiger partial charge in [0.25, 0.3) is 11.1 Å². The van der Waals surface area contributed by atoms with Crippen LogP contribution in [0.15, 0.2) is 48.7 Å². The van der Waals surface area contributed by atoms with E-state index < -0.39 is 0 Å². The second kappa shape index (κ2) is 6.71. The van der Waals surface area contributed by atoms with E-state index in [1.54, 1.807) is 7.11 Å². The van der Waals surface area contributed by atoms with Crippen molar-refractivity contribution in [2.75, 3.05) is 13.7 Å². The Balaban J connectivity index is 1.51. The molecule has 4 rings (SSSR count). The van der Waals surface area contributed by atoms with Crippen LogP contribution in [0.3, 0.4) is 0 Å². The third kappa shape index (κ3) is 3.18. The Kier molecular flexibility index (Phi) is 4.28. The predicted molar refractivity (Wildman–Crippen MR) is 89.1 cm³/mol. The van der Waals surface area contributed by atoms with Gasteiger partial charge in [-0.05, 0) is 23.7 Å². The standard InChI is InChI=1S/C15H12N4O3S2/c1-20-7-6-12-16-15(24-19-12)23-14-18-17-13(22-14)11-8-9-4-2-3-5-10(9)21-11/h2-5,8H,6-7H2,1H3. The fourth-order valence-corrected chi connectivity index (χ4v) is 3.53. The molecular formula is C15H12N4O3S2. The van der Waals surface area contributed by atoms with Gasteiger partial charge in [0.1, 0.15) is 11.4 Å². The van der Waals surface area contributed by atoms with Crippen LogP contribution in [0.1, 0.15) is 5.82 Å². The van der Waals surface area contributed by atoms with Crippen LogP contribution in [-0.4, -0.2) is 33.3 Å². The van der Waals surface area contributed by atoms with Crippen molar-refractivity contribution in [2.24, 2.45) is 0 Å². The minimum Gasteiger partial charge on any atom is -0.451 e. The van der Waals surface area contributed by atoms with Crippen molar-refractivity contribution in [3.63, 3.8) is 0 Å². The molecule has 0 aliphatic rings. The van der Waals surface area contributed by atoms with E-state index in [-0.39, 0.29) is 0 Å². The lowest BCUT2D eigenvalue weighted by Crippen LogP contribution is -1.95. The number of nitrogens with zero attached hydrogens (tertiary/aromatic N) is 4. The number of aromatic nitrogens is 4. The smallest absolute Gasteiger partial charge is 0.284 e. The van der Waals surface area contributed by atoms with Gasteiger partial charge in [0.15, 0.2) is 10.1 Å². The van der Waals surface area contributed by atoms with E-state index in [4.69, 9.17) is 13.6 Å². The van der Waals surface area contributed by atoms with Gasteiger partial charge in [0.05, 0.1) is 6.61 Å². The molecule has 0 N–H and O–H groups in total. The quantitative estimate of drug-likeness (QED) is 0.515. The number of ether oxygens (including phenoxy) is 1. The van der Waals surface area contributed by atoms with Crippen LogP contribution in [0.5, 0.6) is 0 Å². The second-order valence-corrected chi connectivity index (χ2v) is 6.79. The highest BCUT2D eigenvalue weighted by molar-refractivity contribution is 8.00. The maximum absolute atomic E-state index is 5.72. The molecule has 0 unspecified atom stereocenters. The SMILES string of the molecule is COCCc1nsc(Sc2nnc(-c3cc4ccccc4o3)o2)n1. The van der Waals surface area contributed by atoms with Gasteiger partial charge in [-0.1, -0.05) is 18.2 Å². The van der Waals surface area contributed by atoms with Crippen LogP contribution in [-0.2, 0) is 11.2 Å². The zero-order valence-corrected chi connectivity index (χ0v) is 14.3. The predicted octanol–water partition coefficient (Wildman–Crippen LogP) is 3.67. The van der Waals surface area contributed by atoms with E-state index in [0.717, 1.165) is 21.1 Å². The largest absolute Gasteiger partial charge is 0.451 e. The molecule has 0 aliphatic carbocycles. The van der Waals surface area contributed by atoms with E-state index in [9.17, 15) is 0 Å². The van der Waals surface area contributed by atoms with Gasteiger partial charge in [0.2, 0.25) is 0 Å². The lowest BCUT2D eigenvalue weighted by Gasteiger charge is -1.91. The van der Waals surface area contributed by atoms with Crippen molar-refractivity contribution >= 4 is 34.3 Å². The maximum Gasteiger partial charge on any atom is 0.284 e. The van der Waals surface area contributed by atoms with Crippen LogP contribution in [0.2, 0.25) is 0 Å². The van der Waals surface area contributed by atoms with Crippen LogP contribution in [0, 0.1) is 0 Å². The normalized spacial score (nSPS) is 11.4. The van der Waals surface area contributed by atoms with Gasteiger partial charge in [0, 0.05) is 30.7 Å². The van der Waals surface area contributed by atoms with Crippen LogP contribution >= 0.6 is 23.3 Å². The Morgan fingerprint density at radius 1 is 1.21 bits per heavy atom. The average molecular weight is 360 g/mol. The molecule has 4 aromatic rings. The molecule has 0 radical (unpaired) electrons. The molecule has 3 heterocycles. The van der Waals surface area contributed by atoms with Gasteiger partial charge in [-0.15, -0.1) is 10.2 Å². The van der Waals surface area contributed by atoms with Gasteiger partial charge < -0.3 is 13.6 Å². The lowest BCUT2D eigenvalue weighted by atomic mass is 10.2. The molecule has 9 heteroatoms. The summed E-state index contributed by atoms with van der Waals surface area (Å²) < 4.78 is 21.4. The molecule has 0 saturated heterocycles. The molecule has 3 aromatic heterocycles. The van der Waals surface area contributed by atoms with E-state index in [1.807, 2.05) is 30.3 Å². The summed E-state index contributed by atoms with van der Waals surface area (Å²) in [5.41, 5.74) is 0.784. The summed E-state index contributed by atoms with van der Waals surface area (Å²) in [5.74, 6) is 1.65. The molecule has 122 valence electrons. The van der Waals surface area contributed by atoms with Crippen molar-refractivity contribution in [2.45, 2.75) is 16.0 Å². The molecule has 0 saturated carbocycles. The molecule has 0 bridgehead atoms. The van der Waals surface area contributed by atoms with Crippen molar-refractivity contribution in [3.8, 4) is 11.7 Å². The van der Waals surface area contributed by atoms with Crippen molar-refractivity contribution in [1.82, 2.24) is 19.6 Å². The number of benzene rings is 1. The molecule has 0 amide bonds. The van der Waals surface area contributed by atoms with Crippen LogP contribution in [0.4, 0.5) is 0 Å². The Morgan fingerprint density at radius 3 is 3.00 bits per heavy atom. The van der Waals surface area contributed by atoms with Gasteiger partial charge in [-0.25, -0.2) is 4.98 Å². The first kappa shape index (κ1) is 15.3. The summed E-state index contributed by atoms with van der Waals surface area (Å²) in [5, 5.41) is 9.46. The van der Waals surface area contributed by atoms with E-state index in [0.29, 0.717) is 29.9 Å². The van der Waals surface area contributed by atoms with Crippen molar-refractivity contribution in [1.29, 1.82) is 0 Å². The van der Waals surface area contributed by atoms with E-state index >= 15 is 0 Å². The molecular weight excluding hydrogens is 348 g/mol. The molecule has 24 heavy (non-hydrogen) atoms. The average Bonchev–Trinajstić information content (AvgIpc) is 3.32. The summed E-state index contributed by atoms with van der Waals surface area (Å²) in [6.45, 7) is 0.595. The minimum atomic E-state index is 0.345. The maximum atomic E-state index is 5.72. The molecule has 0 atom stereocenters. The summed E-state index contributed by atoms with van der Waals surface area (Å²) in [6.07, 6.45) is 0.682. The number of methoxy groups -OCH3 is 1. The number of hydrogen-bond donors (Lipinski definition) is 0. The fraction of sp³-hybridized carbons (Fsp3) is 0.200. The zero-order chi connectivity index (χ0) is 16.4. The summed E-state index contributed by atoms with van der Waals surface area (Å²) in [4.78, 5) is 4.40. The number of furan rings is 1. The van der Waals surface area contributed by atoms with Gasteiger partial charge in [-0.3, -0.25) is 0 Å². The second-order valence-electron chi connectivity index (χ2n) is 4.84. The van der Waals surface area contributed by atoms with E-state index in [1.165, 1.54) is 23.3 Å². The third-order valence-electron chi connectivity index (χ3n) is 3.20. The van der Waals surface area contributed by atoms with Crippen molar-refractivity contribution in [3.05, 3.63) is 36.2 Å². The highest BCUT2D eigenvalue weighted by Crippen LogP contribution is 2.32. The Labute approximate surface area is 145 Å². The first-order valence-electron chi connectivity index (χ1n) is 7.13. The summed E-state index contributed by atoms with van der Waals surface area (Å²) in [6, 6.07) is 9.62. The molecule has 7 nitrogen and oxygen atoms in total. The molecule has 1 aromatic carbocycles. The Bertz CT molecular complexity index is 929. The zero-order valence-electron chi connectivity index (χ0n) is 12.6. The van der Waals surface area contributed by atoms with Crippen LogP contribution < -0.4 is 0 Å². The molecule has 0 fully saturated rings. The fourth-order valence-electron chi connectivity index (χ4n) is 2.09. The number of fused-ring (bicyclic) bond motifs is 1. The van der Waals surface area contributed by atoms with E-state index in [2.05, 4.69) is 19.6 Å². The lowest BCUT2D eigenvalue weighted by molar-refractivity contribution is 0.200. The first-order chi connectivity index (χ1) is 11.8. The van der Waals surface area contributed by atoms with Crippen LogP contribution in [0.25, 0.3) is 22.6 Å². The summed E-state index contributed by atoms with van der Waals surface area (Å²) >= 11 is 2.59. The number of para-hydroxylation sites is 1. The van der Waals surface area contributed by atoms with Crippen molar-refractivity contribution < 1.29 is 13.6 Å². The molecule has 0 spiro atoms. The highest BCUT2D eigenvalue weighted by atomic mass is 32.2. The topological polar surface area (TPSA) is 87.1 Å². The highest BCUT2D eigenvalue weighted by Gasteiger charge is 2.16. The first-order valence-corrected chi connectivity index (χ1v) is 8.72.